The van der Waals surface area contributed by atoms with Crippen LogP contribution in [-0.2, 0) is 32.8 Å². The summed E-state index contributed by atoms with van der Waals surface area (Å²) in [6.45, 7) is 0.139. The van der Waals surface area contributed by atoms with Crippen LogP contribution in [0.2, 0.25) is 0 Å². The summed E-state index contributed by atoms with van der Waals surface area (Å²) in [4.78, 5) is 1.91. The summed E-state index contributed by atoms with van der Waals surface area (Å²) in [6.07, 6.45) is 0. The predicted octanol–water partition coefficient (Wildman–Crippen LogP) is 0.437. The zero-order valence-corrected chi connectivity index (χ0v) is 14.7. The molecule has 0 aliphatic heterocycles. The molecule has 0 spiro atoms. The highest BCUT2D eigenvalue weighted by atomic mass is 32.3. The molecule has 0 aliphatic rings. The van der Waals surface area contributed by atoms with Crippen LogP contribution in [0.1, 0.15) is 11.1 Å². The van der Waals surface area contributed by atoms with E-state index in [0.717, 1.165) is 0 Å². The van der Waals surface area contributed by atoms with E-state index >= 15 is 0 Å². The minimum atomic E-state index is -4.58. The molecule has 0 unspecified atom stereocenters. The molecule has 2 aromatic carbocycles. The second-order valence-corrected chi connectivity index (χ2v) is 9.06. The lowest BCUT2D eigenvalue weighted by Gasteiger charge is -2.05. The topological polar surface area (TPSA) is 157 Å². The molecule has 0 amide bonds. The summed E-state index contributed by atoms with van der Waals surface area (Å²) in [7, 11) is -9.17. The monoisotopic (exact) mass is 380 g/mol. The Morgan fingerprint density at radius 1 is 0.840 bits per heavy atom. The van der Waals surface area contributed by atoms with Gasteiger partial charge in [0.25, 0.3) is 19.7 Å². The first-order valence-electron chi connectivity index (χ1n) is 7.07. The maximum Gasteiger partial charge on any atom is 0.504 e. The third-order valence-electron chi connectivity index (χ3n) is 3.43. The van der Waals surface area contributed by atoms with Crippen LogP contribution in [0.15, 0.2) is 58.3 Å². The van der Waals surface area contributed by atoms with Crippen LogP contribution in [0.5, 0.6) is 0 Å². The van der Waals surface area contributed by atoms with Crippen molar-refractivity contribution in [2.45, 2.75) is 22.9 Å². The van der Waals surface area contributed by atoms with Gasteiger partial charge in [0.2, 0.25) is 0 Å². The van der Waals surface area contributed by atoms with Gasteiger partial charge in [-0.25, -0.2) is 16.8 Å². The Kier molecular flexibility index (Phi) is 5.51. The van der Waals surface area contributed by atoms with E-state index in [9.17, 15) is 16.8 Å². The summed E-state index contributed by atoms with van der Waals surface area (Å²) in [5.41, 5.74) is 21.1. The number of benzene rings is 2. The van der Waals surface area contributed by atoms with Crippen molar-refractivity contribution < 1.29 is 21.6 Å². The molecular weight excluding hydrogens is 364 g/mol. The molecule has 0 fully saturated rings. The average molecular weight is 380 g/mol. The zero-order chi connectivity index (χ0) is 18.7. The molecule has 10 heteroatoms. The Morgan fingerprint density at radius 3 is 1.56 bits per heavy atom. The van der Waals surface area contributed by atoms with Crippen LogP contribution in [0.3, 0.4) is 0 Å². The van der Waals surface area contributed by atoms with Crippen LogP contribution < -0.4 is 11.5 Å². The van der Waals surface area contributed by atoms with E-state index in [4.69, 9.17) is 17.0 Å². The van der Waals surface area contributed by atoms with Crippen molar-refractivity contribution in [2.75, 3.05) is 0 Å². The number of nitrogens with zero attached hydrogens (tertiary/aromatic N) is 2. The van der Waals surface area contributed by atoms with Crippen molar-refractivity contribution >= 4 is 24.1 Å². The molecular formula is C15H16N4O4S2. The van der Waals surface area contributed by atoms with Gasteiger partial charge in [0.1, 0.15) is 0 Å². The van der Waals surface area contributed by atoms with Crippen LogP contribution in [0.25, 0.3) is 5.53 Å². The fourth-order valence-electron chi connectivity index (χ4n) is 2.13. The minimum absolute atomic E-state index is 0.0697. The molecule has 0 bridgehead atoms. The average Bonchev–Trinajstić information content (AvgIpc) is 2.62. The van der Waals surface area contributed by atoms with Gasteiger partial charge < -0.3 is 17.0 Å². The third-order valence-corrected chi connectivity index (χ3v) is 7.58. The maximum absolute atomic E-state index is 12.7. The van der Waals surface area contributed by atoms with E-state index < -0.39 is 24.1 Å². The molecule has 2 rings (SSSR count). The first-order valence-corrected chi connectivity index (χ1v) is 10.0. The lowest BCUT2D eigenvalue weighted by atomic mass is 10.2. The normalized spacial score (nSPS) is 11.8. The maximum atomic E-state index is 12.7. The molecule has 25 heavy (non-hydrogen) atoms. The fraction of sp³-hybridized carbons (Fsp3) is 0.133. The van der Waals surface area contributed by atoms with Gasteiger partial charge in [0, 0.05) is 13.1 Å². The van der Waals surface area contributed by atoms with Crippen molar-refractivity contribution in [3.63, 3.8) is 0 Å². The van der Waals surface area contributed by atoms with Crippen molar-refractivity contribution in [3.05, 3.63) is 65.2 Å². The number of sulfone groups is 2. The molecule has 2 aromatic rings. The highest BCUT2D eigenvalue weighted by Gasteiger charge is 2.44. The Bertz CT molecular complexity index is 977. The van der Waals surface area contributed by atoms with Gasteiger partial charge in [-0.3, -0.25) is 0 Å². The van der Waals surface area contributed by atoms with Gasteiger partial charge in [-0.2, -0.15) is 0 Å². The minimum Gasteiger partial charge on any atom is -0.359 e. The van der Waals surface area contributed by atoms with E-state index in [-0.39, 0.29) is 22.9 Å². The molecule has 0 atom stereocenters. The van der Waals surface area contributed by atoms with E-state index in [1.807, 2.05) is 0 Å². The summed E-state index contributed by atoms with van der Waals surface area (Å²) in [5.74, 6) is 0. The number of hydrogen-bond donors (Lipinski definition) is 2. The summed E-state index contributed by atoms with van der Waals surface area (Å²) < 4.78 is 49.3. The van der Waals surface area contributed by atoms with Crippen LogP contribution in [0, 0.1) is 0 Å². The first kappa shape index (κ1) is 19.0. The van der Waals surface area contributed by atoms with Gasteiger partial charge in [0.15, 0.2) is 0 Å². The molecule has 0 heterocycles. The molecule has 0 saturated carbocycles. The quantitative estimate of drug-likeness (QED) is 0.339. The van der Waals surface area contributed by atoms with Gasteiger partial charge in [-0.05, 0) is 35.4 Å². The van der Waals surface area contributed by atoms with E-state index in [1.165, 1.54) is 36.4 Å². The van der Waals surface area contributed by atoms with Crippen molar-refractivity contribution in [3.8, 4) is 0 Å². The Labute approximate surface area is 145 Å². The van der Waals surface area contributed by atoms with Gasteiger partial charge in [0.05, 0.1) is 9.79 Å². The fourth-order valence-corrected chi connectivity index (χ4v) is 5.61. The predicted molar refractivity (Wildman–Crippen MR) is 91.7 cm³/mol. The van der Waals surface area contributed by atoms with Crippen molar-refractivity contribution in [2.24, 2.45) is 11.5 Å². The zero-order valence-electron chi connectivity index (χ0n) is 13.0. The smallest absolute Gasteiger partial charge is 0.359 e. The Morgan fingerprint density at radius 2 is 1.24 bits per heavy atom. The first-order chi connectivity index (χ1) is 11.8. The highest BCUT2D eigenvalue weighted by molar-refractivity contribution is 8.31. The SMILES string of the molecule is [N-]=[N+]=C(S(=O)(=O)c1cccc(CN)c1)S(=O)(=O)c1cccc(CN)c1. The molecule has 0 aliphatic carbocycles. The molecule has 132 valence electrons. The molecule has 8 nitrogen and oxygen atoms in total. The van der Waals surface area contributed by atoms with E-state index in [0.29, 0.717) is 11.1 Å². The van der Waals surface area contributed by atoms with Crippen LogP contribution in [0.4, 0.5) is 0 Å². The largest absolute Gasteiger partial charge is 0.504 e. The summed E-state index contributed by atoms with van der Waals surface area (Å²) in [6, 6.07) is 10.9. The Hall–Kier alpha value is -2.36. The molecule has 0 saturated heterocycles. The lowest BCUT2D eigenvalue weighted by Crippen LogP contribution is -2.26. The van der Waals surface area contributed by atoms with Crippen LogP contribution in [-0.4, -0.2) is 26.0 Å². The third kappa shape index (κ3) is 3.68. The molecule has 4 N–H and O–H groups in total. The van der Waals surface area contributed by atoms with Crippen molar-refractivity contribution in [1.29, 1.82) is 0 Å². The molecule has 0 aromatic heterocycles. The van der Waals surface area contributed by atoms with E-state index in [1.54, 1.807) is 12.1 Å². The lowest BCUT2D eigenvalue weighted by molar-refractivity contribution is 0.00380. The molecule has 0 radical (unpaired) electrons. The number of hydrogen-bond acceptors (Lipinski definition) is 6. The number of nitrogens with two attached hydrogens (primary N) is 2. The van der Waals surface area contributed by atoms with E-state index in [2.05, 4.69) is 4.79 Å². The second-order valence-electron chi connectivity index (χ2n) is 5.08. The van der Waals surface area contributed by atoms with Gasteiger partial charge >= 0.3 is 4.38 Å². The van der Waals surface area contributed by atoms with Crippen molar-refractivity contribution in [1.82, 2.24) is 0 Å². The standard InChI is InChI=1S/C15H16N4O4S2/c16-9-11-3-1-5-13(7-11)24(20,21)15(19-18)25(22,23)14-6-2-4-12(8-14)10-17/h1-8H,9-10,16-17H2. The Balaban J connectivity index is 2.63. The summed E-state index contributed by atoms with van der Waals surface area (Å²) in [5, 5.41) is 0. The van der Waals surface area contributed by atoms with Crippen LogP contribution >= 0.6 is 0 Å². The highest BCUT2D eigenvalue weighted by Crippen LogP contribution is 2.21. The number of rotatable bonds is 4. The van der Waals surface area contributed by atoms with Gasteiger partial charge in [-0.15, -0.1) is 4.79 Å². The summed E-state index contributed by atoms with van der Waals surface area (Å²) >= 11 is 0. The van der Waals surface area contributed by atoms with Gasteiger partial charge in [-0.1, -0.05) is 24.3 Å². The second kappa shape index (κ2) is 7.26.